The zero-order valence-corrected chi connectivity index (χ0v) is 22.1. The Morgan fingerprint density at radius 2 is 1.23 bits per heavy atom. The normalized spacial score (nSPS) is 13.8. The molecule has 2 unspecified atom stereocenters. The van der Waals surface area contributed by atoms with Crippen LogP contribution in [0.25, 0.3) is 0 Å². The molecular weight excluding hydrogens is 612 g/mol. The molecule has 0 amide bonds. The summed E-state index contributed by atoms with van der Waals surface area (Å²) in [6.07, 6.45) is -14.5. The van der Waals surface area contributed by atoms with Gasteiger partial charge in [0.15, 0.2) is 0 Å². The first-order chi connectivity index (χ1) is 20.5. The molecule has 4 aromatic carbocycles. The molecule has 4 nitrogen and oxygen atoms in total. The topological polar surface area (TPSA) is 50.7 Å². The highest BCUT2D eigenvalue weighted by molar-refractivity contribution is 5.42. The van der Waals surface area contributed by atoms with Crippen LogP contribution in [0.2, 0.25) is 0 Å². The Kier molecular flexibility index (Phi) is 9.44. The van der Waals surface area contributed by atoms with Crippen LogP contribution in [0.3, 0.4) is 0 Å². The predicted octanol–water partition coefficient (Wildman–Crippen LogP) is 8.97. The standard InChI is InChI=1S/C30H21F10NO3/c31-25-12-7-20(29(35,36)37)15-24(25)27(41-26(16-42)17-3-1-5-19(13-17)28(32,33)34)18-4-2-6-23(14-18)43-21-8-10-22(11-9-21)44-30(38,39)40/h1-15,26-27,41-42H,16H2. The number of aliphatic hydroxyl groups excluding tert-OH is 1. The molecular formula is C30H21F10NO3. The summed E-state index contributed by atoms with van der Waals surface area (Å²) in [5.74, 6) is -1.52. The monoisotopic (exact) mass is 633 g/mol. The molecule has 4 rings (SSSR count). The molecule has 0 spiro atoms. The quantitative estimate of drug-likeness (QED) is 0.181. The summed E-state index contributed by atoms with van der Waals surface area (Å²) in [6, 6.07) is 12.5. The molecule has 0 aliphatic carbocycles. The highest BCUT2D eigenvalue weighted by atomic mass is 19.4. The lowest BCUT2D eigenvalue weighted by Crippen LogP contribution is -2.31. The van der Waals surface area contributed by atoms with Crippen LogP contribution in [-0.4, -0.2) is 18.1 Å². The fraction of sp³-hybridized carbons (Fsp3) is 0.200. The van der Waals surface area contributed by atoms with Gasteiger partial charge in [-0.2, -0.15) is 26.3 Å². The number of nitrogens with one attached hydrogen (secondary N) is 1. The Labute approximate surface area is 243 Å². The van der Waals surface area contributed by atoms with E-state index in [9.17, 15) is 44.6 Å². The van der Waals surface area contributed by atoms with E-state index < -0.39 is 65.7 Å². The lowest BCUT2D eigenvalue weighted by molar-refractivity contribution is -0.274. The second kappa shape index (κ2) is 12.7. The number of hydrogen-bond donors (Lipinski definition) is 2. The predicted molar refractivity (Wildman–Crippen MR) is 137 cm³/mol. The summed E-state index contributed by atoms with van der Waals surface area (Å²) in [4.78, 5) is 0. The lowest BCUT2D eigenvalue weighted by atomic mass is 9.94. The zero-order chi connectivity index (χ0) is 32.3. The van der Waals surface area contributed by atoms with Crippen LogP contribution in [0, 0.1) is 5.82 Å². The van der Waals surface area contributed by atoms with Gasteiger partial charge in [0, 0.05) is 5.56 Å². The highest BCUT2D eigenvalue weighted by Crippen LogP contribution is 2.37. The van der Waals surface area contributed by atoms with Gasteiger partial charge >= 0.3 is 18.7 Å². The molecule has 0 heterocycles. The van der Waals surface area contributed by atoms with Gasteiger partial charge in [-0.3, -0.25) is 5.32 Å². The third-order valence-electron chi connectivity index (χ3n) is 6.29. The van der Waals surface area contributed by atoms with Crippen molar-refractivity contribution in [2.75, 3.05) is 6.61 Å². The Hall–Kier alpha value is -4.30. The van der Waals surface area contributed by atoms with Crippen LogP contribution < -0.4 is 14.8 Å². The fourth-order valence-electron chi connectivity index (χ4n) is 4.30. The number of aliphatic hydroxyl groups is 1. The first-order valence-corrected chi connectivity index (χ1v) is 12.6. The van der Waals surface area contributed by atoms with Crippen molar-refractivity contribution < 1.29 is 58.5 Å². The van der Waals surface area contributed by atoms with E-state index >= 15 is 4.39 Å². The lowest BCUT2D eigenvalue weighted by Gasteiger charge is -2.27. The third kappa shape index (κ3) is 8.41. The molecule has 0 aromatic heterocycles. The fourth-order valence-corrected chi connectivity index (χ4v) is 4.30. The highest BCUT2D eigenvalue weighted by Gasteiger charge is 2.34. The summed E-state index contributed by atoms with van der Waals surface area (Å²) in [6.45, 7) is -0.819. The molecule has 0 aliphatic rings. The number of ether oxygens (including phenoxy) is 2. The van der Waals surface area contributed by atoms with E-state index in [1.807, 2.05) is 0 Å². The number of rotatable bonds is 9. The molecule has 234 valence electrons. The molecule has 0 saturated carbocycles. The first-order valence-electron chi connectivity index (χ1n) is 12.6. The number of benzene rings is 4. The van der Waals surface area contributed by atoms with Crippen molar-refractivity contribution in [1.82, 2.24) is 5.32 Å². The van der Waals surface area contributed by atoms with Crippen molar-refractivity contribution in [3.63, 3.8) is 0 Å². The zero-order valence-electron chi connectivity index (χ0n) is 22.1. The van der Waals surface area contributed by atoms with E-state index in [4.69, 9.17) is 4.74 Å². The summed E-state index contributed by atoms with van der Waals surface area (Å²) in [5.41, 5.74) is -2.76. The van der Waals surface area contributed by atoms with Crippen molar-refractivity contribution in [3.8, 4) is 17.2 Å². The van der Waals surface area contributed by atoms with Gasteiger partial charge in [0.05, 0.1) is 29.8 Å². The smallest absolute Gasteiger partial charge is 0.457 e. The molecule has 44 heavy (non-hydrogen) atoms. The van der Waals surface area contributed by atoms with Crippen LogP contribution in [0.4, 0.5) is 43.9 Å². The van der Waals surface area contributed by atoms with Gasteiger partial charge in [-0.25, -0.2) is 4.39 Å². The summed E-state index contributed by atoms with van der Waals surface area (Å²) in [5, 5.41) is 12.9. The Morgan fingerprint density at radius 3 is 1.84 bits per heavy atom. The van der Waals surface area contributed by atoms with Gasteiger partial charge in [0.25, 0.3) is 0 Å². The van der Waals surface area contributed by atoms with Gasteiger partial charge in [0.2, 0.25) is 0 Å². The van der Waals surface area contributed by atoms with Crippen molar-refractivity contribution in [2.45, 2.75) is 30.8 Å². The maximum atomic E-state index is 15.1. The van der Waals surface area contributed by atoms with Gasteiger partial charge in [-0.15, -0.1) is 13.2 Å². The minimum absolute atomic E-state index is 0.0331. The molecule has 2 atom stereocenters. The van der Waals surface area contributed by atoms with Gasteiger partial charge < -0.3 is 14.6 Å². The first kappa shape index (κ1) is 32.6. The maximum Gasteiger partial charge on any atom is 0.573 e. The van der Waals surface area contributed by atoms with E-state index in [0.29, 0.717) is 18.2 Å². The Bertz CT molecular complexity index is 1570. The number of alkyl halides is 9. The van der Waals surface area contributed by atoms with Crippen molar-refractivity contribution in [2.24, 2.45) is 0 Å². The molecule has 0 radical (unpaired) electrons. The molecule has 0 fully saturated rings. The van der Waals surface area contributed by atoms with Gasteiger partial charge in [-0.1, -0.05) is 24.3 Å². The average molecular weight is 633 g/mol. The molecule has 2 N–H and O–H groups in total. The van der Waals surface area contributed by atoms with Crippen LogP contribution in [0.15, 0.2) is 91.0 Å². The third-order valence-corrected chi connectivity index (χ3v) is 6.29. The van der Waals surface area contributed by atoms with E-state index in [0.717, 1.165) is 42.5 Å². The van der Waals surface area contributed by atoms with E-state index in [1.54, 1.807) is 0 Å². The van der Waals surface area contributed by atoms with E-state index in [-0.39, 0.29) is 22.6 Å². The van der Waals surface area contributed by atoms with E-state index in [2.05, 4.69) is 10.1 Å². The second-order valence-corrected chi connectivity index (χ2v) is 9.39. The molecule has 14 heteroatoms. The Balaban J connectivity index is 1.73. The molecule has 0 aliphatic heterocycles. The van der Waals surface area contributed by atoms with E-state index in [1.165, 1.54) is 30.3 Å². The largest absolute Gasteiger partial charge is 0.573 e. The summed E-state index contributed by atoms with van der Waals surface area (Å²) in [7, 11) is 0. The van der Waals surface area contributed by atoms with Crippen molar-refractivity contribution in [3.05, 3.63) is 125 Å². The second-order valence-electron chi connectivity index (χ2n) is 9.39. The minimum atomic E-state index is -4.92. The van der Waals surface area contributed by atoms with Crippen LogP contribution in [0.1, 0.15) is 39.9 Å². The Morgan fingerprint density at radius 1 is 0.636 bits per heavy atom. The maximum absolute atomic E-state index is 15.1. The van der Waals surface area contributed by atoms with Crippen LogP contribution in [-0.2, 0) is 12.4 Å². The molecule has 4 aromatic rings. The summed E-state index contributed by atoms with van der Waals surface area (Å²) >= 11 is 0. The van der Waals surface area contributed by atoms with Crippen LogP contribution >= 0.6 is 0 Å². The average Bonchev–Trinajstić information content (AvgIpc) is 2.94. The van der Waals surface area contributed by atoms with Gasteiger partial charge in [-0.05, 0) is 77.9 Å². The molecule has 0 saturated heterocycles. The van der Waals surface area contributed by atoms with Crippen LogP contribution in [0.5, 0.6) is 17.2 Å². The number of hydrogen-bond acceptors (Lipinski definition) is 4. The minimum Gasteiger partial charge on any atom is -0.457 e. The van der Waals surface area contributed by atoms with Crippen molar-refractivity contribution in [1.29, 1.82) is 0 Å². The number of halogens is 10. The summed E-state index contributed by atoms with van der Waals surface area (Å²) < 4.78 is 143. The van der Waals surface area contributed by atoms with Crippen molar-refractivity contribution >= 4 is 0 Å². The SMILES string of the molecule is OCC(NC(c1cccc(Oc2ccc(OC(F)(F)F)cc2)c1)c1cc(C(F)(F)F)ccc1F)c1cccc(C(F)(F)F)c1. The van der Waals surface area contributed by atoms with Gasteiger partial charge in [0.1, 0.15) is 23.1 Å². The molecule has 0 bridgehead atoms.